The molecule has 3 rings (SSSR count). The standard InChI is InChI=1S/C45H76N6O8/c1-13-30(6)39(49(10)44(55)38(29(4)5)48-43(54)37(46-9)28(2)3)35(57-11)27-36(52)51-26-20-23-34(51)40(58-12)31(7)42(53)47-32(8)41(33-21-16-14-17-22-33)59-45(56)50-24-18-15-19-25-50/h14,16-17,21-22,28-32,34-35,37-41,46H,13,15,18-20,23-27H2,1-12H3,(H,47,53)(H,48,54)/t30-,31+,32+,34-,35?,37-,38-,39-,40+,41+/m0/s1. The van der Waals surface area contributed by atoms with Gasteiger partial charge in [0.05, 0.1) is 48.7 Å². The van der Waals surface area contributed by atoms with Crippen LogP contribution in [-0.4, -0.2) is 135 Å². The molecule has 0 aromatic heterocycles. The number of carbonyl (C=O) groups is 5. The fourth-order valence-electron chi connectivity index (χ4n) is 8.84. The van der Waals surface area contributed by atoms with E-state index in [9.17, 15) is 24.0 Å². The maximum atomic E-state index is 14.3. The van der Waals surface area contributed by atoms with Gasteiger partial charge in [-0.05, 0) is 69.4 Å². The van der Waals surface area contributed by atoms with Crippen LogP contribution < -0.4 is 16.0 Å². The van der Waals surface area contributed by atoms with Gasteiger partial charge in [-0.1, -0.05) is 85.2 Å². The highest BCUT2D eigenvalue weighted by Crippen LogP contribution is 2.31. The molecule has 2 aliphatic heterocycles. The predicted octanol–water partition coefficient (Wildman–Crippen LogP) is 5.16. The van der Waals surface area contributed by atoms with Gasteiger partial charge in [0.15, 0.2) is 0 Å². The van der Waals surface area contributed by atoms with E-state index >= 15 is 0 Å². The minimum Gasteiger partial charge on any atom is -0.439 e. The Kier molecular flexibility index (Phi) is 20.1. The van der Waals surface area contributed by atoms with Gasteiger partial charge < -0.3 is 44.9 Å². The Labute approximate surface area is 354 Å². The van der Waals surface area contributed by atoms with E-state index in [-0.39, 0.29) is 59.9 Å². The lowest BCUT2D eigenvalue weighted by Crippen LogP contribution is -2.59. The van der Waals surface area contributed by atoms with Gasteiger partial charge in [0.25, 0.3) is 0 Å². The average molecular weight is 829 g/mol. The SMILES string of the molecule is CC[C@H](C)[C@@H](C(CC(=O)N1CCC[C@H]1[C@H](OC)[C@@H](C)C(=O)N[C@H](C)[C@@H](OC(=O)N1CCCCC1)c1ccccc1)OC)N(C)C(=O)[C@@H](NC(=O)[C@@H](NC)C(C)C)C(C)C. The number of benzene rings is 1. The summed E-state index contributed by atoms with van der Waals surface area (Å²) in [5.74, 6) is -1.73. The van der Waals surface area contributed by atoms with Crippen LogP contribution in [0.2, 0.25) is 0 Å². The van der Waals surface area contributed by atoms with Crippen molar-refractivity contribution in [2.45, 2.75) is 149 Å². The molecule has 1 aromatic rings. The van der Waals surface area contributed by atoms with Crippen LogP contribution in [0.1, 0.15) is 112 Å². The minimum atomic E-state index is -0.771. The molecule has 59 heavy (non-hydrogen) atoms. The van der Waals surface area contributed by atoms with Gasteiger partial charge in [-0.3, -0.25) is 19.2 Å². The summed E-state index contributed by atoms with van der Waals surface area (Å²) in [6.07, 6.45) is 2.76. The third kappa shape index (κ3) is 13.1. The van der Waals surface area contributed by atoms with E-state index in [0.717, 1.165) is 37.7 Å². The number of rotatable bonds is 21. The molecule has 0 bridgehead atoms. The first-order valence-corrected chi connectivity index (χ1v) is 21.9. The van der Waals surface area contributed by atoms with E-state index in [1.807, 2.05) is 78.8 Å². The zero-order valence-electron chi connectivity index (χ0n) is 38.0. The second kappa shape index (κ2) is 23.9. The number of likely N-dealkylation sites (N-methyl/N-ethyl adjacent to an activating group) is 2. The van der Waals surface area contributed by atoms with E-state index in [2.05, 4.69) is 16.0 Å². The number of nitrogens with one attached hydrogen (secondary N) is 3. The van der Waals surface area contributed by atoms with Gasteiger partial charge in [-0.25, -0.2) is 4.79 Å². The Balaban J connectivity index is 1.77. The molecule has 14 heteroatoms. The molecule has 334 valence electrons. The van der Waals surface area contributed by atoms with Crippen molar-refractivity contribution in [1.29, 1.82) is 0 Å². The quantitative estimate of drug-likeness (QED) is 0.152. The molecule has 2 saturated heterocycles. The number of hydrogen-bond acceptors (Lipinski definition) is 9. The maximum Gasteiger partial charge on any atom is 0.410 e. The summed E-state index contributed by atoms with van der Waals surface area (Å²) in [4.78, 5) is 74.2. The fourth-order valence-corrected chi connectivity index (χ4v) is 8.84. The molecule has 0 radical (unpaired) electrons. The van der Waals surface area contributed by atoms with Crippen molar-refractivity contribution in [3.05, 3.63) is 35.9 Å². The highest BCUT2D eigenvalue weighted by atomic mass is 16.6. The van der Waals surface area contributed by atoms with Crippen LogP contribution in [0.3, 0.4) is 0 Å². The first-order valence-electron chi connectivity index (χ1n) is 21.9. The van der Waals surface area contributed by atoms with Gasteiger partial charge in [0, 0.05) is 40.9 Å². The number of ether oxygens (including phenoxy) is 3. The molecule has 2 aliphatic rings. The lowest BCUT2D eigenvalue weighted by molar-refractivity contribution is -0.148. The summed E-state index contributed by atoms with van der Waals surface area (Å²) < 4.78 is 18.1. The molecule has 1 unspecified atom stereocenters. The molecule has 0 aliphatic carbocycles. The lowest BCUT2D eigenvalue weighted by atomic mass is 9.89. The van der Waals surface area contributed by atoms with Crippen LogP contribution >= 0.6 is 0 Å². The van der Waals surface area contributed by atoms with Gasteiger partial charge >= 0.3 is 6.09 Å². The van der Waals surface area contributed by atoms with Crippen LogP contribution in [0.25, 0.3) is 0 Å². The number of methoxy groups -OCH3 is 2. The van der Waals surface area contributed by atoms with Crippen molar-refractivity contribution in [2.75, 3.05) is 47.9 Å². The second-order valence-corrected chi connectivity index (χ2v) is 17.4. The molecule has 5 amide bonds. The first-order chi connectivity index (χ1) is 28.0. The van der Waals surface area contributed by atoms with E-state index < -0.39 is 48.4 Å². The predicted molar refractivity (Wildman–Crippen MR) is 229 cm³/mol. The molecule has 10 atom stereocenters. The summed E-state index contributed by atoms with van der Waals surface area (Å²) in [6, 6.07) is 6.83. The average Bonchev–Trinajstić information content (AvgIpc) is 3.71. The van der Waals surface area contributed by atoms with Crippen LogP contribution in [0, 0.1) is 23.7 Å². The summed E-state index contributed by atoms with van der Waals surface area (Å²) in [7, 11) is 6.59. The van der Waals surface area contributed by atoms with Crippen molar-refractivity contribution >= 4 is 29.7 Å². The Hall–Kier alpha value is -3.75. The Morgan fingerprint density at radius 2 is 1.44 bits per heavy atom. The van der Waals surface area contributed by atoms with Crippen LogP contribution in [-0.2, 0) is 33.4 Å². The number of amides is 5. The third-order valence-electron chi connectivity index (χ3n) is 12.5. The normalized spacial score (nSPS) is 20.5. The van der Waals surface area contributed by atoms with Crippen molar-refractivity contribution in [1.82, 2.24) is 30.7 Å². The molecule has 0 saturated carbocycles. The van der Waals surface area contributed by atoms with Gasteiger partial charge in [0.2, 0.25) is 23.6 Å². The summed E-state index contributed by atoms with van der Waals surface area (Å²) in [6.45, 7) is 17.2. The third-order valence-corrected chi connectivity index (χ3v) is 12.5. The van der Waals surface area contributed by atoms with Crippen molar-refractivity contribution in [3.8, 4) is 0 Å². The fraction of sp³-hybridized carbons (Fsp3) is 0.756. The van der Waals surface area contributed by atoms with Crippen LogP contribution in [0.4, 0.5) is 4.79 Å². The molecule has 1 aromatic carbocycles. The minimum absolute atomic E-state index is 0.0166. The monoisotopic (exact) mass is 829 g/mol. The maximum absolute atomic E-state index is 14.3. The van der Waals surface area contributed by atoms with Crippen LogP contribution in [0.5, 0.6) is 0 Å². The number of carbonyl (C=O) groups excluding carboxylic acids is 5. The Morgan fingerprint density at radius 3 is 1.98 bits per heavy atom. The Morgan fingerprint density at radius 1 is 0.814 bits per heavy atom. The lowest BCUT2D eigenvalue weighted by Gasteiger charge is -2.41. The van der Waals surface area contributed by atoms with E-state index in [0.29, 0.717) is 26.1 Å². The van der Waals surface area contributed by atoms with Gasteiger partial charge in [-0.15, -0.1) is 0 Å². The van der Waals surface area contributed by atoms with Crippen molar-refractivity contribution < 1.29 is 38.2 Å². The summed E-state index contributed by atoms with van der Waals surface area (Å²) in [5, 5.41) is 9.16. The molecule has 14 nitrogen and oxygen atoms in total. The number of nitrogens with zero attached hydrogens (tertiary/aromatic N) is 3. The highest BCUT2D eigenvalue weighted by molar-refractivity contribution is 5.90. The summed E-state index contributed by atoms with van der Waals surface area (Å²) >= 11 is 0. The molecule has 2 heterocycles. The molecular formula is C45H76N6O8. The van der Waals surface area contributed by atoms with Crippen molar-refractivity contribution in [2.24, 2.45) is 23.7 Å². The van der Waals surface area contributed by atoms with E-state index in [1.54, 1.807) is 49.9 Å². The van der Waals surface area contributed by atoms with E-state index in [1.165, 1.54) is 0 Å². The number of hydrogen-bond donors (Lipinski definition) is 3. The summed E-state index contributed by atoms with van der Waals surface area (Å²) in [5.41, 5.74) is 0.781. The zero-order chi connectivity index (χ0) is 44.0. The molecule has 3 N–H and O–H groups in total. The molecular weight excluding hydrogens is 753 g/mol. The topological polar surface area (TPSA) is 159 Å². The molecule has 0 spiro atoms. The largest absolute Gasteiger partial charge is 0.439 e. The number of piperidine rings is 1. The first kappa shape index (κ1) is 49.6. The zero-order valence-corrected chi connectivity index (χ0v) is 38.0. The van der Waals surface area contributed by atoms with Gasteiger partial charge in [0.1, 0.15) is 12.1 Å². The second-order valence-electron chi connectivity index (χ2n) is 17.4. The van der Waals surface area contributed by atoms with Gasteiger partial charge in [-0.2, -0.15) is 0 Å². The van der Waals surface area contributed by atoms with E-state index in [4.69, 9.17) is 14.2 Å². The highest BCUT2D eigenvalue weighted by Gasteiger charge is 2.43. The molecule has 2 fully saturated rings. The number of likely N-dealkylation sites (tertiary alicyclic amines) is 2. The Bertz CT molecular complexity index is 1490. The van der Waals surface area contributed by atoms with Crippen molar-refractivity contribution in [3.63, 3.8) is 0 Å². The smallest absolute Gasteiger partial charge is 0.410 e. The van der Waals surface area contributed by atoms with Crippen LogP contribution in [0.15, 0.2) is 30.3 Å².